The van der Waals surface area contributed by atoms with Gasteiger partial charge in [0.05, 0.1) is 5.60 Å². The second-order valence-corrected chi connectivity index (χ2v) is 7.99. The first kappa shape index (κ1) is 19.3. The fourth-order valence-corrected chi connectivity index (χ4v) is 4.09. The molecule has 1 aliphatic carbocycles. The Labute approximate surface area is 162 Å². The molecule has 0 bridgehead atoms. The highest BCUT2D eigenvalue weighted by Crippen LogP contribution is 2.41. The zero-order valence-electron chi connectivity index (χ0n) is 14.7. The van der Waals surface area contributed by atoms with Gasteiger partial charge in [-0.3, -0.25) is 4.79 Å². The van der Waals surface area contributed by atoms with Crippen molar-refractivity contribution in [2.45, 2.75) is 43.6 Å². The predicted molar refractivity (Wildman–Crippen MR) is 101 cm³/mol. The highest BCUT2D eigenvalue weighted by Gasteiger charge is 2.45. The average molecular weight is 425 g/mol. The molecule has 3 rings (SSSR count). The molecule has 0 spiro atoms. The van der Waals surface area contributed by atoms with Crippen LogP contribution in [0.1, 0.15) is 43.6 Å². The van der Waals surface area contributed by atoms with Gasteiger partial charge in [0.15, 0.2) is 0 Å². The maximum Gasteiger partial charge on any atom is 0.417 e. The van der Waals surface area contributed by atoms with Gasteiger partial charge in [0.2, 0.25) is 0 Å². The quantitative estimate of drug-likeness (QED) is 0.575. The van der Waals surface area contributed by atoms with Gasteiger partial charge in [-0.1, -0.05) is 47.3 Å². The number of benzene rings is 1. The molecule has 1 saturated carbocycles. The molecule has 7 heteroatoms. The normalized spacial score (nSPS) is 21.1. The Morgan fingerprint density at radius 3 is 2.35 bits per heavy atom. The van der Waals surface area contributed by atoms with Crippen molar-refractivity contribution in [1.29, 1.82) is 0 Å². The van der Waals surface area contributed by atoms with Crippen LogP contribution in [0.25, 0.3) is 0 Å². The summed E-state index contributed by atoms with van der Waals surface area (Å²) in [7, 11) is 0. The number of hydrogen-bond donors (Lipinski definition) is 2. The van der Waals surface area contributed by atoms with Crippen LogP contribution in [0.5, 0.6) is 0 Å². The van der Waals surface area contributed by atoms with Crippen LogP contribution in [0.3, 0.4) is 0 Å². The van der Waals surface area contributed by atoms with Gasteiger partial charge in [0, 0.05) is 30.7 Å². The van der Waals surface area contributed by atoms with Crippen molar-refractivity contribution in [1.82, 2.24) is 10.2 Å². The van der Waals surface area contributed by atoms with E-state index in [4.69, 9.17) is 4.74 Å². The molecule has 1 saturated heterocycles. The number of piperazine rings is 1. The molecule has 1 unspecified atom stereocenters. The Morgan fingerprint density at radius 2 is 1.73 bits per heavy atom. The summed E-state index contributed by atoms with van der Waals surface area (Å²) in [6.45, 7) is 2.39. The number of nitrogens with zero attached hydrogens (tertiary/aromatic N) is 1. The van der Waals surface area contributed by atoms with E-state index in [1.54, 1.807) is 12.1 Å². The van der Waals surface area contributed by atoms with E-state index in [9.17, 15) is 14.7 Å². The molecule has 1 aliphatic heterocycles. The first-order valence-electron chi connectivity index (χ1n) is 9.19. The SMILES string of the molecule is O=C(OC(=O)N1CCNCC1)C(c1ccc(Br)cc1)C1(O)CCCCC1. The predicted octanol–water partition coefficient (Wildman–Crippen LogP) is 2.80. The van der Waals surface area contributed by atoms with Gasteiger partial charge in [0.25, 0.3) is 0 Å². The monoisotopic (exact) mass is 424 g/mol. The first-order valence-corrected chi connectivity index (χ1v) is 9.98. The molecule has 1 atom stereocenters. The van der Waals surface area contributed by atoms with Crippen LogP contribution in [0.2, 0.25) is 0 Å². The van der Waals surface area contributed by atoms with Crippen LogP contribution in [0.15, 0.2) is 28.7 Å². The molecule has 2 aliphatic rings. The third-order valence-corrected chi connectivity index (χ3v) is 5.79. The lowest BCUT2D eigenvalue weighted by Gasteiger charge is -2.38. The average Bonchev–Trinajstić information content (AvgIpc) is 2.64. The molecule has 142 valence electrons. The number of esters is 1. The highest BCUT2D eigenvalue weighted by atomic mass is 79.9. The zero-order valence-corrected chi connectivity index (χ0v) is 16.3. The van der Waals surface area contributed by atoms with Crippen molar-refractivity contribution in [2.75, 3.05) is 26.2 Å². The topological polar surface area (TPSA) is 78.9 Å². The number of aliphatic hydroxyl groups is 1. The van der Waals surface area contributed by atoms with Crippen LogP contribution < -0.4 is 5.32 Å². The number of halogens is 1. The van der Waals surface area contributed by atoms with Gasteiger partial charge in [-0.05, 0) is 30.5 Å². The minimum Gasteiger partial charge on any atom is -0.389 e. The molecule has 6 nitrogen and oxygen atoms in total. The lowest BCUT2D eigenvalue weighted by Crippen LogP contribution is -2.49. The summed E-state index contributed by atoms with van der Waals surface area (Å²) < 4.78 is 6.09. The number of rotatable bonds is 3. The minimum atomic E-state index is -1.17. The van der Waals surface area contributed by atoms with Gasteiger partial charge < -0.3 is 20.1 Å². The van der Waals surface area contributed by atoms with Gasteiger partial charge in [-0.15, -0.1) is 0 Å². The van der Waals surface area contributed by atoms with Crippen molar-refractivity contribution in [3.63, 3.8) is 0 Å². The lowest BCUT2D eigenvalue weighted by atomic mass is 9.73. The maximum absolute atomic E-state index is 12.9. The largest absolute Gasteiger partial charge is 0.417 e. The summed E-state index contributed by atoms with van der Waals surface area (Å²) in [6, 6.07) is 7.27. The van der Waals surface area contributed by atoms with Crippen LogP contribution in [-0.4, -0.2) is 53.8 Å². The molecule has 26 heavy (non-hydrogen) atoms. The number of carbonyl (C=O) groups is 2. The van der Waals surface area contributed by atoms with Crippen molar-refractivity contribution >= 4 is 28.0 Å². The smallest absolute Gasteiger partial charge is 0.389 e. The molecule has 1 aromatic carbocycles. The third-order valence-electron chi connectivity index (χ3n) is 5.26. The van der Waals surface area contributed by atoms with E-state index in [0.29, 0.717) is 44.6 Å². The van der Waals surface area contributed by atoms with E-state index >= 15 is 0 Å². The number of hydrogen-bond acceptors (Lipinski definition) is 5. The fraction of sp³-hybridized carbons (Fsp3) is 0.579. The van der Waals surface area contributed by atoms with E-state index in [2.05, 4.69) is 21.2 Å². The van der Waals surface area contributed by atoms with E-state index in [1.807, 2.05) is 12.1 Å². The van der Waals surface area contributed by atoms with Gasteiger partial charge in [-0.2, -0.15) is 0 Å². The summed E-state index contributed by atoms with van der Waals surface area (Å²) in [5, 5.41) is 14.4. The lowest BCUT2D eigenvalue weighted by molar-refractivity contribution is -0.149. The van der Waals surface area contributed by atoms with Gasteiger partial charge in [-0.25, -0.2) is 4.79 Å². The third kappa shape index (κ3) is 4.45. The molecule has 0 aromatic heterocycles. The molecule has 2 N–H and O–H groups in total. The Hall–Kier alpha value is -1.44. The van der Waals surface area contributed by atoms with E-state index < -0.39 is 23.6 Å². The Balaban J connectivity index is 1.81. The first-order chi connectivity index (χ1) is 12.5. The number of ether oxygens (including phenoxy) is 1. The Kier molecular flexibility index (Phi) is 6.32. The number of amides is 1. The van der Waals surface area contributed by atoms with Crippen LogP contribution in [-0.2, 0) is 9.53 Å². The maximum atomic E-state index is 12.9. The second-order valence-electron chi connectivity index (χ2n) is 7.07. The highest BCUT2D eigenvalue weighted by molar-refractivity contribution is 9.10. The summed E-state index contributed by atoms with van der Waals surface area (Å²) in [4.78, 5) is 26.8. The summed E-state index contributed by atoms with van der Waals surface area (Å²) in [5.74, 6) is -1.52. The van der Waals surface area contributed by atoms with Crippen molar-refractivity contribution in [2.24, 2.45) is 0 Å². The van der Waals surface area contributed by atoms with Crippen molar-refractivity contribution in [3.8, 4) is 0 Å². The number of carbonyl (C=O) groups excluding carboxylic acids is 2. The Morgan fingerprint density at radius 1 is 1.12 bits per heavy atom. The number of nitrogens with one attached hydrogen (secondary N) is 1. The van der Waals surface area contributed by atoms with Gasteiger partial charge in [0.1, 0.15) is 5.92 Å². The van der Waals surface area contributed by atoms with Crippen molar-refractivity contribution < 1.29 is 19.4 Å². The molecule has 1 amide bonds. The van der Waals surface area contributed by atoms with Crippen LogP contribution in [0.4, 0.5) is 4.79 Å². The van der Waals surface area contributed by atoms with Crippen LogP contribution >= 0.6 is 15.9 Å². The molecule has 0 radical (unpaired) electrons. The second kappa shape index (κ2) is 8.50. The zero-order chi connectivity index (χ0) is 18.6. The summed E-state index contributed by atoms with van der Waals surface area (Å²) >= 11 is 3.39. The standard InChI is InChI=1S/C19H25BrN2O4/c20-15-6-4-14(5-7-15)16(19(25)8-2-1-3-9-19)17(23)26-18(24)22-12-10-21-11-13-22/h4-7,16,21,25H,1-3,8-13H2. The molecular weight excluding hydrogens is 400 g/mol. The Bertz CT molecular complexity index is 637. The van der Waals surface area contributed by atoms with E-state index in [0.717, 1.165) is 23.7 Å². The minimum absolute atomic E-state index is 0.513. The fourth-order valence-electron chi connectivity index (χ4n) is 3.83. The molecule has 1 aromatic rings. The van der Waals surface area contributed by atoms with Gasteiger partial charge >= 0.3 is 12.1 Å². The van der Waals surface area contributed by atoms with E-state index in [-0.39, 0.29) is 0 Å². The summed E-state index contributed by atoms with van der Waals surface area (Å²) in [6.07, 6.45) is 3.21. The van der Waals surface area contributed by atoms with Crippen molar-refractivity contribution in [3.05, 3.63) is 34.3 Å². The molecule has 2 fully saturated rings. The molecule has 1 heterocycles. The molecular formula is C19H25BrN2O4. The summed E-state index contributed by atoms with van der Waals surface area (Å²) in [5.41, 5.74) is -0.497. The van der Waals surface area contributed by atoms with Crippen LogP contribution in [0, 0.1) is 0 Å². The van der Waals surface area contributed by atoms with E-state index in [1.165, 1.54) is 4.90 Å².